The summed E-state index contributed by atoms with van der Waals surface area (Å²) in [6.07, 6.45) is 5.94. The second-order valence-corrected chi connectivity index (χ2v) is 12.1. The second-order valence-electron chi connectivity index (χ2n) is 11.4. The summed E-state index contributed by atoms with van der Waals surface area (Å²) < 4.78 is 11.1. The molecule has 3 heterocycles. The summed E-state index contributed by atoms with van der Waals surface area (Å²) in [5.41, 5.74) is 5.25. The lowest BCUT2D eigenvalue weighted by atomic mass is 9.89. The molecule has 11 nitrogen and oxygen atoms in total. The highest BCUT2D eigenvalue weighted by molar-refractivity contribution is 6.39. The number of nitrogens with zero attached hydrogens (tertiary/aromatic N) is 4. The molecule has 13 heteroatoms. The van der Waals surface area contributed by atoms with Crippen molar-refractivity contribution in [1.29, 1.82) is 0 Å². The van der Waals surface area contributed by atoms with Crippen molar-refractivity contribution in [1.82, 2.24) is 35.9 Å². The molecule has 0 radical (unpaired) electrons. The van der Waals surface area contributed by atoms with Crippen molar-refractivity contribution in [2.45, 2.75) is 57.0 Å². The number of benzene rings is 2. The van der Waals surface area contributed by atoms with E-state index in [-0.39, 0.29) is 24.1 Å². The smallest absolute Gasteiger partial charge is 0.237 e. The molecule has 240 valence electrons. The number of ether oxygens (including phenoxy) is 2. The van der Waals surface area contributed by atoms with Crippen molar-refractivity contribution in [3.8, 4) is 45.4 Å². The molecule has 46 heavy (non-hydrogen) atoms. The van der Waals surface area contributed by atoms with E-state index >= 15 is 0 Å². The van der Waals surface area contributed by atoms with E-state index in [9.17, 15) is 9.90 Å². The maximum atomic E-state index is 11.5. The molecular weight excluding hydrogens is 629 g/mol. The number of rotatable bonds is 12. The van der Waals surface area contributed by atoms with Crippen molar-refractivity contribution in [3.05, 3.63) is 70.2 Å². The van der Waals surface area contributed by atoms with Crippen LogP contribution in [0.2, 0.25) is 10.0 Å². The van der Waals surface area contributed by atoms with Crippen LogP contribution in [0.1, 0.15) is 37.1 Å². The van der Waals surface area contributed by atoms with E-state index < -0.39 is 0 Å². The van der Waals surface area contributed by atoms with E-state index in [4.69, 9.17) is 42.6 Å². The number of aromatic nitrogens is 4. The Balaban J connectivity index is 1.23. The molecule has 4 N–H and O–H groups in total. The fourth-order valence-electron chi connectivity index (χ4n) is 5.69. The molecule has 2 fully saturated rings. The Morgan fingerprint density at radius 3 is 1.91 bits per heavy atom. The first-order chi connectivity index (χ1) is 22.3. The van der Waals surface area contributed by atoms with Crippen LogP contribution in [0.15, 0.2) is 48.8 Å². The quantitative estimate of drug-likeness (QED) is 0.170. The number of hydrogen-bond donors (Lipinski definition) is 4. The molecule has 2 aromatic carbocycles. The van der Waals surface area contributed by atoms with Gasteiger partial charge in [-0.25, -0.2) is 9.97 Å². The summed E-state index contributed by atoms with van der Waals surface area (Å²) in [5.74, 6) is 0.875. The molecule has 6 rings (SSSR count). The SMILES string of the molecule is COc1nc(-c2cccc(-c3cccc(-c4cnc(CN[C@H]5C[C@H](O)C5)c(OC)n4)c3Cl)c2Cl)cnc1CNC[C@@H]1CCC(=O)N1. The molecule has 1 aliphatic carbocycles. The molecule has 1 amide bonds. The minimum Gasteiger partial charge on any atom is -0.480 e. The summed E-state index contributed by atoms with van der Waals surface area (Å²) in [4.78, 5) is 30.1. The van der Waals surface area contributed by atoms with Crippen LogP contribution in [0.5, 0.6) is 11.8 Å². The third kappa shape index (κ3) is 6.93. The number of hydrogen-bond acceptors (Lipinski definition) is 10. The number of carbonyl (C=O) groups excluding carboxylic acids is 1. The lowest BCUT2D eigenvalue weighted by Gasteiger charge is -2.32. The van der Waals surface area contributed by atoms with Crippen LogP contribution >= 0.6 is 23.2 Å². The lowest BCUT2D eigenvalue weighted by molar-refractivity contribution is -0.119. The van der Waals surface area contributed by atoms with Gasteiger partial charge in [-0.1, -0.05) is 59.6 Å². The maximum absolute atomic E-state index is 11.5. The van der Waals surface area contributed by atoms with Crippen LogP contribution in [0.4, 0.5) is 0 Å². The Labute approximate surface area is 277 Å². The largest absolute Gasteiger partial charge is 0.480 e. The minimum atomic E-state index is -0.236. The Morgan fingerprint density at radius 2 is 1.41 bits per heavy atom. The van der Waals surface area contributed by atoms with Gasteiger partial charge in [-0.15, -0.1) is 0 Å². The predicted molar refractivity (Wildman–Crippen MR) is 176 cm³/mol. The highest BCUT2D eigenvalue weighted by Crippen LogP contribution is 2.42. The van der Waals surface area contributed by atoms with Gasteiger partial charge in [0.1, 0.15) is 11.4 Å². The number of carbonyl (C=O) groups is 1. The average Bonchev–Trinajstić information content (AvgIpc) is 3.47. The molecule has 0 spiro atoms. The van der Waals surface area contributed by atoms with Crippen molar-refractivity contribution in [3.63, 3.8) is 0 Å². The molecule has 0 bridgehead atoms. The average molecular weight is 665 g/mol. The summed E-state index contributed by atoms with van der Waals surface area (Å²) in [7, 11) is 3.12. The van der Waals surface area contributed by atoms with Gasteiger partial charge in [-0.3, -0.25) is 14.8 Å². The van der Waals surface area contributed by atoms with Gasteiger partial charge in [0, 0.05) is 60.4 Å². The van der Waals surface area contributed by atoms with E-state index in [2.05, 4.69) is 25.9 Å². The van der Waals surface area contributed by atoms with Crippen LogP contribution in [0.25, 0.3) is 33.6 Å². The number of aliphatic hydroxyl groups is 1. The zero-order valence-corrected chi connectivity index (χ0v) is 27.0. The van der Waals surface area contributed by atoms with Crippen molar-refractivity contribution >= 4 is 29.1 Å². The van der Waals surface area contributed by atoms with E-state index in [1.54, 1.807) is 26.6 Å². The van der Waals surface area contributed by atoms with Crippen molar-refractivity contribution < 1.29 is 19.4 Å². The Hall–Kier alpha value is -3.87. The molecule has 0 unspecified atom stereocenters. The van der Waals surface area contributed by atoms with E-state index in [1.807, 2.05) is 36.4 Å². The van der Waals surface area contributed by atoms with E-state index in [1.165, 1.54) is 0 Å². The van der Waals surface area contributed by atoms with Crippen LogP contribution < -0.4 is 25.4 Å². The zero-order valence-electron chi connectivity index (χ0n) is 25.5. The molecule has 1 saturated heterocycles. The van der Waals surface area contributed by atoms with Crippen LogP contribution in [0, 0.1) is 0 Å². The van der Waals surface area contributed by atoms with Crippen LogP contribution in [0.3, 0.4) is 0 Å². The number of methoxy groups -OCH3 is 2. The lowest BCUT2D eigenvalue weighted by Crippen LogP contribution is -2.43. The Kier molecular flexibility index (Phi) is 9.95. The van der Waals surface area contributed by atoms with Gasteiger partial charge in [0.05, 0.1) is 54.2 Å². The topological polar surface area (TPSA) is 143 Å². The van der Waals surface area contributed by atoms with Gasteiger partial charge in [-0.2, -0.15) is 0 Å². The van der Waals surface area contributed by atoms with E-state index in [0.29, 0.717) is 81.8 Å². The first-order valence-corrected chi connectivity index (χ1v) is 15.9. The first-order valence-electron chi connectivity index (χ1n) is 15.1. The monoisotopic (exact) mass is 663 g/mol. The third-order valence-electron chi connectivity index (χ3n) is 8.29. The Bertz CT molecular complexity index is 1730. The van der Waals surface area contributed by atoms with Gasteiger partial charge >= 0.3 is 0 Å². The fourth-order valence-corrected chi connectivity index (χ4v) is 6.34. The van der Waals surface area contributed by atoms with Gasteiger partial charge in [-0.05, 0) is 19.3 Å². The molecule has 1 atom stereocenters. The number of amides is 1. The number of aliphatic hydroxyl groups excluding tert-OH is 1. The highest BCUT2D eigenvalue weighted by Gasteiger charge is 2.27. The first kappa shape index (κ1) is 32.1. The highest BCUT2D eigenvalue weighted by atomic mass is 35.5. The molecule has 2 aliphatic rings. The molecule has 1 saturated carbocycles. The van der Waals surface area contributed by atoms with Crippen molar-refractivity contribution in [2.24, 2.45) is 0 Å². The van der Waals surface area contributed by atoms with Crippen molar-refractivity contribution in [2.75, 3.05) is 20.8 Å². The molecule has 1 aliphatic heterocycles. The van der Waals surface area contributed by atoms with Gasteiger partial charge < -0.3 is 30.5 Å². The maximum Gasteiger partial charge on any atom is 0.237 e. The molecular formula is C33H35Cl2N7O4. The summed E-state index contributed by atoms with van der Waals surface area (Å²) in [5, 5.41) is 20.1. The van der Waals surface area contributed by atoms with E-state index in [0.717, 1.165) is 30.4 Å². The fraction of sp³-hybridized carbons (Fsp3) is 0.364. The summed E-state index contributed by atoms with van der Waals surface area (Å²) in [6.45, 7) is 1.56. The Morgan fingerprint density at radius 1 is 0.870 bits per heavy atom. The zero-order chi connectivity index (χ0) is 32.2. The summed E-state index contributed by atoms with van der Waals surface area (Å²) >= 11 is 14.0. The predicted octanol–water partition coefficient (Wildman–Crippen LogP) is 4.57. The van der Waals surface area contributed by atoms with Gasteiger partial charge in [0.2, 0.25) is 17.7 Å². The normalized spacial score (nSPS) is 19.1. The number of nitrogens with one attached hydrogen (secondary N) is 3. The van der Waals surface area contributed by atoms with Gasteiger partial charge in [0.15, 0.2) is 0 Å². The molecule has 4 aromatic rings. The van der Waals surface area contributed by atoms with Crippen LogP contribution in [-0.4, -0.2) is 69.9 Å². The minimum absolute atomic E-state index is 0.0824. The van der Waals surface area contributed by atoms with Gasteiger partial charge in [0.25, 0.3) is 0 Å². The second kappa shape index (κ2) is 14.3. The molecule has 2 aromatic heterocycles. The number of halogens is 2. The third-order valence-corrected chi connectivity index (χ3v) is 9.10. The van der Waals surface area contributed by atoms with Crippen LogP contribution in [-0.2, 0) is 17.9 Å². The summed E-state index contributed by atoms with van der Waals surface area (Å²) in [6, 6.07) is 11.7. The standard InChI is InChI=1S/C33H35Cl2N7O4/c1-45-32-27(14-36-13-18-9-10-29(44)40-18)38-15-25(41-32)23-7-3-5-21(30(23)34)22-6-4-8-24(31(22)35)26-16-39-28(33(42-26)46-2)17-37-19-11-20(43)12-19/h3-8,15-16,18-20,36-37,43H,9-14,17H2,1-2H3,(H,40,44)/t18-,19-,20-/m0/s1.